The van der Waals surface area contributed by atoms with Crippen molar-refractivity contribution in [3.63, 3.8) is 0 Å². The number of ether oxygens (including phenoxy) is 2. The van der Waals surface area contributed by atoms with Crippen LogP contribution in [0.25, 0.3) is 0 Å². The maximum Gasteiger partial charge on any atom is 0.428 e. The zero-order chi connectivity index (χ0) is 16.9. The van der Waals surface area contributed by atoms with Crippen molar-refractivity contribution in [2.75, 3.05) is 7.11 Å². The molecule has 0 spiro atoms. The lowest BCUT2D eigenvalue weighted by Gasteiger charge is -2.18. The number of nitrogens with zero attached hydrogens (tertiary/aromatic N) is 2. The van der Waals surface area contributed by atoms with Gasteiger partial charge in [-0.2, -0.15) is 5.10 Å². The third kappa shape index (κ3) is 4.62. The fraction of sp³-hybridized carbons (Fsp3) is 0.385. The molecule has 0 aromatic heterocycles. The largest absolute Gasteiger partial charge is 0.504 e. The molecule has 1 aromatic rings. The summed E-state index contributed by atoms with van der Waals surface area (Å²) in [5.41, 5.74) is 0.992. The van der Waals surface area contributed by atoms with E-state index in [4.69, 9.17) is 9.47 Å². The summed E-state index contributed by atoms with van der Waals surface area (Å²) in [6, 6.07) is 2.50. The van der Waals surface area contributed by atoms with Gasteiger partial charge >= 0.3 is 11.8 Å². The number of amides is 1. The lowest BCUT2D eigenvalue weighted by molar-refractivity contribution is -0.386. The number of nitro benzene ring substituents is 1. The Balaban J connectivity index is 2.97. The summed E-state index contributed by atoms with van der Waals surface area (Å²) in [5, 5.41) is 24.2. The molecule has 120 valence electrons. The zero-order valence-corrected chi connectivity index (χ0v) is 12.6. The number of carbonyl (C=O) groups excluding carboxylic acids is 1. The number of aromatic hydroxyl groups is 1. The van der Waals surface area contributed by atoms with Crippen molar-refractivity contribution in [3.8, 4) is 11.5 Å². The number of hydrogen-bond acceptors (Lipinski definition) is 7. The van der Waals surface area contributed by atoms with Crippen molar-refractivity contribution in [2.45, 2.75) is 26.4 Å². The van der Waals surface area contributed by atoms with Gasteiger partial charge in [0, 0.05) is 0 Å². The number of hydrogen-bond donors (Lipinski definition) is 2. The van der Waals surface area contributed by atoms with Gasteiger partial charge in [0.1, 0.15) is 5.60 Å². The van der Waals surface area contributed by atoms with Gasteiger partial charge in [-0.3, -0.25) is 10.1 Å². The van der Waals surface area contributed by atoms with Crippen molar-refractivity contribution in [3.05, 3.63) is 27.8 Å². The Morgan fingerprint density at radius 2 is 2.09 bits per heavy atom. The molecule has 0 aliphatic heterocycles. The molecule has 0 aliphatic rings. The molecule has 22 heavy (non-hydrogen) atoms. The monoisotopic (exact) mass is 311 g/mol. The van der Waals surface area contributed by atoms with E-state index in [1.807, 2.05) is 0 Å². The first-order valence-electron chi connectivity index (χ1n) is 6.22. The lowest BCUT2D eigenvalue weighted by Crippen LogP contribution is -2.29. The third-order valence-electron chi connectivity index (χ3n) is 2.29. The van der Waals surface area contributed by atoms with Gasteiger partial charge in [-0.1, -0.05) is 0 Å². The van der Waals surface area contributed by atoms with Crippen LogP contribution in [0.3, 0.4) is 0 Å². The minimum Gasteiger partial charge on any atom is -0.504 e. The van der Waals surface area contributed by atoms with Crippen molar-refractivity contribution in [1.29, 1.82) is 0 Å². The van der Waals surface area contributed by atoms with Crippen molar-refractivity contribution in [1.82, 2.24) is 5.43 Å². The molecule has 0 fully saturated rings. The van der Waals surface area contributed by atoms with Crippen LogP contribution < -0.4 is 10.2 Å². The first kappa shape index (κ1) is 17.2. The first-order valence-corrected chi connectivity index (χ1v) is 6.22. The average molecular weight is 311 g/mol. The van der Waals surface area contributed by atoms with E-state index >= 15 is 0 Å². The molecule has 0 bridgehead atoms. The number of nitrogens with one attached hydrogen (secondary N) is 1. The Labute approximate surface area is 126 Å². The van der Waals surface area contributed by atoms with Crippen LogP contribution in [0.1, 0.15) is 26.3 Å². The standard InChI is InChI=1S/C13H17N3O6/c1-13(2,3)22-12(18)15-14-7-8-5-6-9(17)11(21-4)10(8)16(19)20/h5-7,17H,1-4H3,(H,15,18)/b14-7+. The molecule has 0 unspecified atom stereocenters. The SMILES string of the molecule is COc1c(O)ccc(/C=N/NC(=O)OC(C)(C)C)c1[N+](=O)[O-]. The minimum absolute atomic E-state index is 0.0516. The Morgan fingerprint density at radius 1 is 1.45 bits per heavy atom. The Bertz CT molecular complexity index is 607. The number of phenols is 1. The highest BCUT2D eigenvalue weighted by Gasteiger charge is 2.23. The van der Waals surface area contributed by atoms with Crippen LogP contribution in [-0.2, 0) is 4.74 Å². The second kappa shape index (κ2) is 6.74. The van der Waals surface area contributed by atoms with Crippen LogP contribution in [0, 0.1) is 10.1 Å². The fourth-order valence-corrected chi connectivity index (χ4v) is 1.52. The van der Waals surface area contributed by atoms with E-state index in [9.17, 15) is 20.0 Å². The lowest BCUT2D eigenvalue weighted by atomic mass is 10.1. The maximum absolute atomic E-state index is 11.4. The summed E-state index contributed by atoms with van der Waals surface area (Å²) in [5.74, 6) is -0.655. The van der Waals surface area contributed by atoms with Crippen molar-refractivity contribution < 1.29 is 24.3 Å². The topological polar surface area (TPSA) is 123 Å². The van der Waals surface area contributed by atoms with Crippen LogP contribution in [0.2, 0.25) is 0 Å². The second-order valence-electron chi connectivity index (χ2n) is 5.18. The predicted molar refractivity (Wildman–Crippen MR) is 78.3 cm³/mol. The molecule has 0 aliphatic carbocycles. The highest BCUT2D eigenvalue weighted by atomic mass is 16.6. The van der Waals surface area contributed by atoms with Crippen LogP contribution >= 0.6 is 0 Å². The molecule has 0 heterocycles. The highest BCUT2D eigenvalue weighted by Crippen LogP contribution is 2.37. The van der Waals surface area contributed by atoms with E-state index in [0.29, 0.717) is 0 Å². The molecule has 2 N–H and O–H groups in total. The average Bonchev–Trinajstić information content (AvgIpc) is 2.37. The molecule has 9 heteroatoms. The van der Waals surface area contributed by atoms with Gasteiger partial charge in [-0.15, -0.1) is 0 Å². The second-order valence-corrected chi connectivity index (χ2v) is 5.18. The maximum atomic E-state index is 11.4. The number of methoxy groups -OCH3 is 1. The van der Waals surface area contributed by atoms with Crippen LogP contribution in [-0.4, -0.2) is 35.0 Å². The molecular formula is C13H17N3O6. The molecule has 0 saturated carbocycles. The van der Waals surface area contributed by atoms with Crippen LogP contribution in [0.5, 0.6) is 11.5 Å². The smallest absolute Gasteiger partial charge is 0.428 e. The van der Waals surface area contributed by atoms with Gasteiger partial charge in [-0.25, -0.2) is 10.2 Å². The Kier molecular flexibility index (Phi) is 5.28. The molecule has 1 amide bonds. The molecule has 1 aromatic carbocycles. The first-order chi connectivity index (χ1) is 10.2. The zero-order valence-electron chi connectivity index (χ0n) is 12.6. The van der Waals surface area contributed by atoms with Gasteiger partial charge in [0.25, 0.3) is 0 Å². The Hall–Kier alpha value is -2.84. The van der Waals surface area contributed by atoms with Crippen molar-refractivity contribution >= 4 is 18.0 Å². The minimum atomic E-state index is -0.794. The summed E-state index contributed by atoms with van der Waals surface area (Å²) in [4.78, 5) is 21.8. The van der Waals surface area contributed by atoms with E-state index in [1.165, 1.54) is 19.2 Å². The molecule has 0 atom stereocenters. The Morgan fingerprint density at radius 3 is 2.59 bits per heavy atom. The van der Waals surface area contributed by atoms with Gasteiger partial charge in [0.2, 0.25) is 5.75 Å². The van der Waals surface area contributed by atoms with Crippen LogP contribution in [0.15, 0.2) is 17.2 Å². The number of carbonyl (C=O) groups is 1. The summed E-state index contributed by atoms with van der Waals surface area (Å²) in [7, 11) is 1.20. The summed E-state index contributed by atoms with van der Waals surface area (Å²) < 4.78 is 9.76. The van der Waals surface area contributed by atoms with E-state index < -0.39 is 22.3 Å². The molecule has 0 saturated heterocycles. The van der Waals surface area contributed by atoms with Gasteiger partial charge in [-0.05, 0) is 32.9 Å². The molecular weight excluding hydrogens is 294 g/mol. The predicted octanol–water partition coefficient (Wildman–Crippen LogP) is 2.17. The molecule has 1 rings (SSSR count). The van der Waals surface area contributed by atoms with E-state index in [2.05, 4.69) is 10.5 Å². The quantitative estimate of drug-likeness (QED) is 0.499. The molecule has 9 nitrogen and oxygen atoms in total. The number of nitro groups is 1. The number of benzene rings is 1. The van der Waals surface area contributed by atoms with Crippen molar-refractivity contribution in [2.24, 2.45) is 5.10 Å². The number of phenolic OH excluding ortho intramolecular Hbond substituents is 1. The normalized spacial score (nSPS) is 11.3. The fourth-order valence-electron chi connectivity index (χ4n) is 1.52. The van der Waals surface area contributed by atoms with E-state index in [1.54, 1.807) is 20.8 Å². The molecule has 0 radical (unpaired) electrons. The van der Waals surface area contributed by atoms with Gasteiger partial charge in [0.15, 0.2) is 5.75 Å². The summed E-state index contributed by atoms with van der Waals surface area (Å²) in [6.45, 7) is 5.06. The van der Waals surface area contributed by atoms with Gasteiger partial charge < -0.3 is 14.6 Å². The highest BCUT2D eigenvalue weighted by molar-refractivity contribution is 5.88. The van der Waals surface area contributed by atoms with Gasteiger partial charge in [0.05, 0.1) is 23.8 Å². The van der Waals surface area contributed by atoms with E-state index in [0.717, 1.165) is 6.21 Å². The summed E-state index contributed by atoms with van der Waals surface area (Å²) >= 11 is 0. The van der Waals surface area contributed by atoms with Crippen LogP contribution in [0.4, 0.5) is 10.5 Å². The summed E-state index contributed by atoms with van der Waals surface area (Å²) in [6.07, 6.45) is 0.265. The number of hydrazone groups is 1. The number of rotatable bonds is 4. The third-order valence-corrected chi connectivity index (χ3v) is 2.29. The van der Waals surface area contributed by atoms with E-state index in [-0.39, 0.29) is 17.1 Å².